The maximum atomic E-state index is 12.6. The van der Waals surface area contributed by atoms with Crippen LogP contribution in [-0.4, -0.2) is 49.9 Å². The first-order valence-electron chi connectivity index (χ1n) is 8.77. The van der Waals surface area contributed by atoms with Crippen LogP contribution in [0.15, 0.2) is 29.3 Å². The molecular weight excluding hydrogens is 395 g/mol. The van der Waals surface area contributed by atoms with Gasteiger partial charge in [-0.15, -0.1) is 0 Å². The van der Waals surface area contributed by atoms with Crippen LogP contribution in [0.2, 0.25) is 0 Å². The first-order valence-corrected chi connectivity index (χ1v) is 10.2. The zero-order valence-corrected chi connectivity index (χ0v) is 16.1. The Kier molecular flexibility index (Phi) is 7.26. The lowest BCUT2D eigenvalue weighted by Gasteiger charge is -2.32. The van der Waals surface area contributed by atoms with Gasteiger partial charge in [0.05, 0.1) is 18.2 Å². The molecule has 0 atom stereocenters. The molecule has 2 rings (SSSR count). The lowest BCUT2D eigenvalue weighted by atomic mass is 10.1. The largest absolute Gasteiger partial charge is 0.511 e. The first kappa shape index (κ1) is 22.0. The highest BCUT2D eigenvalue weighted by atomic mass is 32.2. The van der Waals surface area contributed by atoms with Crippen molar-refractivity contribution in [1.82, 2.24) is 14.9 Å². The number of alkyl halides is 3. The van der Waals surface area contributed by atoms with Crippen LogP contribution in [0.5, 0.6) is 0 Å². The van der Waals surface area contributed by atoms with E-state index in [9.17, 15) is 21.6 Å². The molecule has 1 heterocycles. The molecule has 1 fully saturated rings. The number of halogens is 3. The van der Waals surface area contributed by atoms with E-state index in [0.717, 1.165) is 5.56 Å². The summed E-state index contributed by atoms with van der Waals surface area (Å²) in [4.78, 5) is 4.44. The molecule has 11 heteroatoms. The van der Waals surface area contributed by atoms with Crippen molar-refractivity contribution in [1.29, 1.82) is 5.26 Å². The van der Waals surface area contributed by atoms with Crippen molar-refractivity contribution >= 4 is 16.0 Å². The molecule has 7 nitrogen and oxygen atoms in total. The molecule has 1 saturated heterocycles. The smallest absolute Gasteiger partial charge is 0.357 e. The summed E-state index contributed by atoms with van der Waals surface area (Å²) in [5.74, 6) is 0.504. The molecule has 0 bridgehead atoms. The van der Waals surface area contributed by atoms with Gasteiger partial charge in [-0.25, -0.2) is 13.4 Å². The fourth-order valence-electron chi connectivity index (χ4n) is 2.76. The number of rotatable bonds is 5. The molecule has 28 heavy (non-hydrogen) atoms. The molecule has 0 spiro atoms. The summed E-state index contributed by atoms with van der Waals surface area (Å²) in [5.41, 5.74) is -3.81. The minimum absolute atomic E-state index is 0.182. The Morgan fingerprint density at radius 2 is 1.89 bits per heavy atom. The Morgan fingerprint density at radius 3 is 2.39 bits per heavy atom. The highest BCUT2D eigenvalue weighted by Crippen LogP contribution is 2.28. The van der Waals surface area contributed by atoms with Crippen LogP contribution < -0.4 is 10.6 Å². The Bertz CT molecular complexity index is 824. The Morgan fingerprint density at radius 1 is 1.29 bits per heavy atom. The van der Waals surface area contributed by atoms with Gasteiger partial charge in [-0.2, -0.15) is 22.7 Å². The maximum absolute atomic E-state index is 12.6. The number of hydrogen-bond acceptors (Lipinski definition) is 4. The van der Waals surface area contributed by atoms with E-state index >= 15 is 0 Å². The molecule has 2 N–H and O–H groups in total. The lowest BCUT2D eigenvalue weighted by Crippen LogP contribution is -2.51. The van der Waals surface area contributed by atoms with E-state index in [0.29, 0.717) is 28.9 Å². The predicted octanol–water partition coefficient (Wildman–Crippen LogP) is 1.93. The van der Waals surface area contributed by atoms with Gasteiger partial charge in [0, 0.05) is 25.7 Å². The maximum Gasteiger partial charge on any atom is 0.511 e. The van der Waals surface area contributed by atoms with E-state index in [4.69, 9.17) is 5.26 Å². The number of aliphatic imine (C=N–C) groups is 1. The van der Waals surface area contributed by atoms with Gasteiger partial charge in [-0.05, 0) is 37.5 Å². The SMILES string of the molecule is CCNC(=NCc1ccc(C#N)cc1)NC1CCN(S(=O)(=O)C(F)(F)F)CC1. The molecule has 0 radical (unpaired) electrons. The van der Waals surface area contributed by atoms with Crippen molar-refractivity contribution in [3.05, 3.63) is 35.4 Å². The van der Waals surface area contributed by atoms with Crippen molar-refractivity contribution in [2.45, 2.75) is 37.9 Å². The molecule has 0 saturated carbocycles. The van der Waals surface area contributed by atoms with Gasteiger partial charge < -0.3 is 10.6 Å². The third kappa shape index (κ3) is 5.59. The summed E-state index contributed by atoms with van der Waals surface area (Å²) in [7, 11) is -5.28. The van der Waals surface area contributed by atoms with Gasteiger partial charge in [0.25, 0.3) is 0 Å². The van der Waals surface area contributed by atoms with Gasteiger partial charge in [0.15, 0.2) is 5.96 Å². The van der Waals surface area contributed by atoms with Gasteiger partial charge >= 0.3 is 15.5 Å². The van der Waals surface area contributed by atoms with Crippen LogP contribution >= 0.6 is 0 Å². The highest BCUT2D eigenvalue weighted by molar-refractivity contribution is 7.90. The first-order chi connectivity index (χ1) is 13.2. The van der Waals surface area contributed by atoms with Gasteiger partial charge in [0.2, 0.25) is 0 Å². The number of nitriles is 1. The number of nitrogens with one attached hydrogen (secondary N) is 2. The van der Waals surface area contributed by atoms with Gasteiger partial charge in [0.1, 0.15) is 0 Å². The molecule has 1 aromatic rings. The fourth-order valence-corrected chi connectivity index (χ4v) is 3.74. The third-order valence-electron chi connectivity index (χ3n) is 4.27. The third-order valence-corrected chi connectivity index (χ3v) is 5.90. The van der Waals surface area contributed by atoms with Crippen LogP contribution in [0.4, 0.5) is 13.2 Å². The van der Waals surface area contributed by atoms with E-state index in [1.165, 1.54) is 0 Å². The normalized spacial score (nSPS) is 17.2. The number of piperidine rings is 1. The van der Waals surface area contributed by atoms with Crippen LogP contribution in [0.1, 0.15) is 30.9 Å². The number of guanidine groups is 1. The van der Waals surface area contributed by atoms with E-state index in [1.54, 1.807) is 24.3 Å². The summed E-state index contributed by atoms with van der Waals surface area (Å²) < 4.78 is 61.3. The molecule has 1 aliphatic heterocycles. The lowest BCUT2D eigenvalue weighted by molar-refractivity contribution is -0.0494. The molecule has 0 aliphatic carbocycles. The van der Waals surface area contributed by atoms with Crippen molar-refractivity contribution in [2.24, 2.45) is 4.99 Å². The van der Waals surface area contributed by atoms with E-state index in [1.807, 2.05) is 13.0 Å². The second kappa shape index (κ2) is 9.25. The van der Waals surface area contributed by atoms with Crippen molar-refractivity contribution < 1.29 is 21.6 Å². The second-order valence-electron chi connectivity index (χ2n) is 6.27. The summed E-state index contributed by atoms with van der Waals surface area (Å²) in [6.45, 7) is 2.45. The molecule has 0 aromatic heterocycles. The summed E-state index contributed by atoms with van der Waals surface area (Å²) in [6, 6.07) is 8.85. The summed E-state index contributed by atoms with van der Waals surface area (Å²) in [5, 5.41) is 15.0. The number of hydrogen-bond donors (Lipinski definition) is 2. The quantitative estimate of drug-likeness (QED) is 0.564. The van der Waals surface area contributed by atoms with Crippen molar-refractivity contribution in [3.8, 4) is 6.07 Å². The monoisotopic (exact) mass is 417 g/mol. The number of benzene rings is 1. The minimum Gasteiger partial charge on any atom is -0.357 e. The summed E-state index contributed by atoms with van der Waals surface area (Å²) in [6.07, 6.45) is 0.493. The number of sulfonamides is 1. The van der Waals surface area contributed by atoms with Crippen LogP contribution in [0, 0.1) is 11.3 Å². The number of nitrogens with zero attached hydrogens (tertiary/aromatic N) is 3. The Balaban J connectivity index is 1.95. The molecule has 0 amide bonds. The highest BCUT2D eigenvalue weighted by Gasteiger charge is 2.50. The van der Waals surface area contributed by atoms with Crippen LogP contribution in [-0.2, 0) is 16.6 Å². The fraction of sp³-hybridized carbons (Fsp3) is 0.529. The van der Waals surface area contributed by atoms with E-state index in [-0.39, 0.29) is 32.0 Å². The average Bonchev–Trinajstić information content (AvgIpc) is 2.66. The zero-order valence-electron chi connectivity index (χ0n) is 15.3. The average molecular weight is 417 g/mol. The van der Waals surface area contributed by atoms with E-state index < -0.39 is 15.5 Å². The molecule has 1 aliphatic rings. The summed E-state index contributed by atoms with van der Waals surface area (Å²) >= 11 is 0. The van der Waals surface area contributed by atoms with Crippen LogP contribution in [0.25, 0.3) is 0 Å². The Hall–Kier alpha value is -2.32. The molecular formula is C17H22F3N5O2S. The van der Waals surface area contributed by atoms with Gasteiger partial charge in [-0.3, -0.25) is 0 Å². The topological polar surface area (TPSA) is 97.6 Å². The standard InChI is InChI=1S/C17H22F3N5O2S/c1-2-22-16(23-12-14-5-3-13(11-21)4-6-14)24-15-7-9-25(10-8-15)28(26,27)17(18,19)20/h3-6,15H,2,7-10,12H2,1H3,(H2,22,23,24). The minimum atomic E-state index is -5.28. The van der Waals surface area contributed by atoms with Crippen molar-refractivity contribution in [3.63, 3.8) is 0 Å². The molecule has 1 aromatic carbocycles. The van der Waals surface area contributed by atoms with Crippen molar-refractivity contribution in [2.75, 3.05) is 19.6 Å². The van der Waals surface area contributed by atoms with Crippen LogP contribution in [0.3, 0.4) is 0 Å². The van der Waals surface area contributed by atoms with E-state index in [2.05, 4.69) is 15.6 Å². The molecule has 0 unspecified atom stereocenters. The molecule has 154 valence electrons. The predicted molar refractivity (Wildman–Crippen MR) is 98.7 cm³/mol. The second-order valence-corrected chi connectivity index (χ2v) is 8.20. The zero-order chi connectivity index (χ0) is 20.8. The van der Waals surface area contributed by atoms with Gasteiger partial charge in [-0.1, -0.05) is 12.1 Å². The Labute approximate surface area is 162 Å².